The van der Waals surface area contributed by atoms with Gasteiger partial charge in [0.2, 0.25) is 0 Å². The van der Waals surface area contributed by atoms with Crippen LogP contribution >= 0.6 is 0 Å². The van der Waals surface area contributed by atoms with Crippen LogP contribution in [0, 0.1) is 18.3 Å². The van der Waals surface area contributed by atoms with Gasteiger partial charge in [0.05, 0.1) is 11.5 Å². The van der Waals surface area contributed by atoms with E-state index in [0.717, 1.165) is 48.9 Å². The fourth-order valence-electron chi connectivity index (χ4n) is 5.35. The quantitative estimate of drug-likeness (QED) is 0.655. The number of ether oxygens (including phenoxy) is 1. The smallest absolute Gasteiger partial charge is 0.336 e. The van der Waals surface area contributed by atoms with Crippen molar-refractivity contribution in [3.05, 3.63) is 46.7 Å². The molecule has 1 aromatic rings. The standard InChI is InChI=1S/C25H31NO3/c1-15-9-5-8-12-18(15)22-21(24(28)29-17-10-6-7-11-17)16(2)26-19-13-25(3,4)14-20(27)23(19)22/h5,8-9,12,17,22-23H,6-7,10-11,13-14H2,1-4H3/t22-,23?/m1/s1. The first-order valence-electron chi connectivity index (χ1n) is 10.8. The van der Waals surface area contributed by atoms with Crippen molar-refractivity contribution >= 4 is 17.5 Å². The van der Waals surface area contributed by atoms with E-state index in [0.29, 0.717) is 17.7 Å². The van der Waals surface area contributed by atoms with Gasteiger partial charge in [-0.25, -0.2) is 4.79 Å². The number of carbonyl (C=O) groups is 2. The average Bonchev–Trinajstić information content (AvgIpc) is 3.12. The third kappa shape index (κ3) is 3.82. The molecule has 0 bridgehead atoms. The van der Waals surface area contributed by atoms with Gasteiger partial charge in [0.25, 0.3) is 0 Å². The predicted octanol–water partition coefficient (Wildman–Crippen LogP) is 5.30. The summed E-state index contributed by atoms with van der Waals surface area (Å²) >= 11 is 0. The van der Waals surface area contributed by atoms with Gasteiger partial charge >= 0.3 is 5.97 Å². The van der Waals surface area contributed by atoms with Crippen molar-refractivity contribution in [1.29, 1.82) is 0 Å². The molecule has 1 unspecified atom stereocenters. The third-order valence-electron chi connectivity index (χ3n) is 6.68. The summed E-state index contributed by atoms with van der Waals surface area (Å²) in [6.45, 7) is 8.18. The molecule has 4 heteroatoms. The molecule has 1 heterocycles. The number of hydrogen-bond donors (Lipinski definition) is 0. The monoisotopic (exact) mass is 393 g/mol. The number of rotatable bonds is 3. The van der Waals surface area contributed by atoms with E-state index in [1.54, 1.807) is 0 Å². The fraction of sp³-hybridized carbons (Fsp3) is 0.560. The van der Waals surface area contributed by atoms with Crippen LogP contribution in [0.25, 0.3) is 0 Å². The lowest BCUT2D eigenvalue weighted by Gasteiger charge is -2.41. The predicted molar refractivity (Wildman–Crippen MR) is 114 cm³/mol. The second kappa shape index (κ2) is 7.55. The van der Waals surface area contributed by atoms with E-state index in [2.05, 4.69) is 13.8 Å². The largest absolute Gasteiger partial charge is 0.459 e. The zero-order valence-electron chi connectivity index (χ0n) is 18.0. The summed E-state index contributed by atoms with van der Waals surface area (Å²) in [5.41, 5.74) is 4.25. The summed E-state index contributed by atoms with van der Waals surface area (Å²) in [7, 11) is 0. The molecule has 4 rings (SSSR count). The molecule has 1 aromatic carbocycles. The van der Waals surface area contributed by atoms with Gasteiger partial charge in [-0.05, 0) is 62.5 Å². The molecule has 0 amide bonds. The minimum Gasteiger partial charge on any atom is -0.459 e. The topological polar surface area (TPSA) is 55.7 Å². The van der Waals surface area contributed by atoms with Gasteiger partial charge in [0.1, 0.15) is 11.9 Å². The minimum atomic E-state index is -0.362. The number of aryl methyl sites for hydroxylation is 1. The number of allylic oxidation sites excluding steroid dienone is 1. The molecule has 2 fully saturated rings. The normalized spacial score (nSPS) is 26.9. The van der Waals surface area contributed by atoms with Crippen molar-refractivity contribution in [2.45, 2.75) is 78.2 Å². The Labute approximate surface area is 173 Å². The highest BCUT2D eigenvalue weighted by Gasteiger charge is 2.48. The van der Waals surface area contributed by atoms with E-state index < -0.39 is 0 Å². The van der Waals surface area contributed by atoms with Crippen LogP contribution in [0.1, 0.15) is 76.3 Å². The molecule has 154 valence electrons. The molecular formula is C25H31NO3. The molecule has 29 heavy (non-hydrogen) atoms. The van der Waals surface area contributed by atoms with Crippen molar-refractivity contribution in [3.63, 3.8) is 0 Å². The van der Waals surface area contributed by atoms with Gasteiger partial charge in [-0.15, -0.1) is 0 Å². The van der Waals surface area contributed by atoms with Crippen LogP contribution < -0.4 is 0 Å². The number of carbonyl (C=O) groups excluding carboxylic acids is 2. The lowest BCUT2D eigenvalue weighted by atomic mass is 9.63. The summed E-state index contributed by atoms with van der Waals surface area (Å²) in [4.78, 5) is 31.4. The maximum atomic E-state index is 13.3. The summed E-state index contributed by atoms with van der Waals surface area (Å²) in [5.74, 6) is -0.768. The molecule has 1 aliphatic heterocycles. The van der Waals surface area contributed by atoms with Gasteiger partial charge in [-0.1, -0.05) is 38.1 Å². The Bertz CT molecular complexity index is 902. The van der Waals surface area contributed by atoms with Crippen molar-refractivity contribution in [2.24, 2.45) is 16.3 Å². The van der Waals surface area contributed by atoms with Crippen LogP contribution in [0.15, 0.2) is 40.5 Å². The molecule has 0 N–H and O–H groups in total. The Balaban J connectivity index is 1.81. The fourth-order valence-corrected chi connectivity index (χ4v) is 5.35. The Kier molecular flexibility index (Phi) is 5.22. The van der Waals surface area contributed by atoms with Gasteiger partial charge in [-0.3, -0.25) is 9.79 Å². The average molecular weight is 394 g/mol. The second-order valence-corrected chi connectivity index (χ2v) is 9.71. The number of fused-ring (bicyclic) bond motifs is 1. The van der Waals surface area contributed by atoms with E-state index in [-0.39, 0.29) is 35.1 Å². The summed E-state index contributed by atoms with van der Waals surface area (Å²) < 4.78 is 5.89. The van der Waals surface area contributed by atoms with Crippen LogP contribution in [0.5, 0.6) is 0 Å². The number of Topliss-reactive ketones (excluding diaryl/α,β-unsaturated/α-hetero) is 1. The van der Waals surface area contributed by atoms with Crippen molar-refractivity contribution in [1.82, 2.24) is 0 Å². The Hall–Kier alpha value is -2.23. The Morgan fingerprint density at radius 3 is 2.45 bits per heavy atom. The molecule has 0 radical (unpaired) electrons. The van der Waals surface area contributed by atoms with Gasteiger partial charge in [-0.2, -0.15) is 0 Å². The lowest BCUT2D eigenvalue weighted by Crippen LogP contribution is -2.44. The molecule has 0 aromatic heterocycles. The van der Waals surface area contributed by atoms with E-state index in [4.69, 9.17) is 9.73 Å². The zero-order chi connectivity index (χ0) is 20.8. The molecule has 3 aliphatic rings. The van der Waals surface area contributed by atoms with E-state index in [1.165, 1.54) is 0 Å². The van der Waals surface area contributed by atoms with Crippen LogP contribution in [-0.2, 0) is 14.3 Å². The van der Waals surface area contributed by atoms with E-state index in [1.807, 2.05) is 38.1 Å². The molecule has 4 nitrogen and oxygen atoms in total. The first-order valence-corrected chi connectivity index (χ1v) is 10.8. The van der Waals surface area contributed by atoms with Crippen LogP contribution in [-0.4, -0.2) is 23.6 Å². The van der Waals surface area contributed by atoms with E-state index in [9.17, 15) is 9.59 Å². The number of benzene rings is 1. The van der Waals surface area contributed by atoms with Crippen molar-refractivity contribution in [3.8, 4) is 0 Å². The first-order chi connectivity index (χ1) is 13.8. The molecule has 2 atom stereocenters. The van der Waals surface area contributed by atoms with Crippen molar-refractivity contribution < 1.29 is 14.3 Å². The molecule has 0 spiro atoms. The first kappa shape index (κ1) is 20.1. The number of aliphatic imine (C=N–C) groups is 1. The minimum absolute atomic E-state index is 0.00770. The Morgan fingerprint density at radius 1 is 1.07 bits per heavy atom. The summed E-state index contributed by atoms with van der Waals surface area (Å²) in [6.07, 6.45) is 5.37. The third-order valence-corrected chi connectivity index (χ3v) is 6.68. The molecular weight excluding hydrogens is 362 g/mol. The zero-order valence-corrected chi connectivity index (χ0v) is 18.0. The van der Waals surface area contributed by atoms with Gasteiger partial charge in [0, 0.05) is 23.7 Å². The molecule has 0 saturated heterocycles. The molecule has 2 aliphatic carbocycles. The second-order valence-electron chi connectivity index (χ2n) is 9.71. The molecule has 2 saturated carbocycles. The van der Waals surface area contributed by atoms with Crippen molar-refractivity contribution in [2.75, 3.05) is 0 Å². The highest BCUT2D eigenvalue weighted by atomic mass is 16.5. The van der Waals surface area contributed by atoms with Crippen LogP contribution in [0.2, 0.25) is 0 Å². The summed E-state index contributed by atoms with van der Waals surface area (Å²) in [5, 5.41) is 0. The maximum absolute atomic E-state index is 13.3. The van der Waals surface area contributed by atoms with Gasteiger partial charge < -0.3 is 4.74 Å². The number of esters is 1. The van der Waals surface area contributed by atoms with Crippen LogP contribution in [0.3, 0.4) is 0 Å². The van der Waals surface area contributed by atoms with E-state index >= 15 is 0 Å². The van der Waals surface area contributed by atoms with Crippen LogP contribution in [0.4, 0.5) is 0 Å². The SMILES string of the molecule is CC1=C(C(=O)OC2CCCC2)[C@@H](c2ccccc2C)C2C(=O)CC(C)(C)CC2=N1. The Morgan fingerprint density at radius 2 is 1.76 bits per heavy atom. The maximum Gasteiger partial charge on any atom is 0.336 e. The van der Waals surface area contributed by atoms with Gasteiger partial charge in [0.15, 0.2) is 0 Å². The number of nitrogens with zero attached hydrogens (tertiary/aromatic N) is 1. The highest BCUT2D eigenvalue weighted by molar-refractivity contribution is 6.12. The lowest BCUT2D eigenvalue weighted by molar-refractivity contribution is -0.144. The highest BCUT2D eigenvalue weighted by Crippen LogP contribution is 2.47. The number of hydrogen-bond acceptors (Lipinski definition) is 4. The number of ketones is 1. The summed E-state index contributed by atoms with van der Waals surface area (Å²) in [6, 6.07) is 8.08.